The summed E-state index contributed by atoms with van der Waals surface area (Å²) < 4.78 is 0. The Morgan fingerprint density at radius 2 is 1.85 bits per heavy atom. The first-order chi connectivity index (χ1) is 9.70. The van der Waals surface area contributed by atoms with Crippen LogP contribution >= 0.6 is 11.8 Å². The van der Waals surface area contributed by atoms with Crippen molar-refractivity contribution < 1.29 is 4.92 Å². The van der Waals surface area contributed by atoms with Gasteiger partial charge in [0.2, 0.25) is 0 Å². The number of hydrogen-bond donors (Lipinski definition) is 1. The second-order valence-electron chi connectivity index (χ2n) is 4.30. The highest BCUT2D eigenvalue weighted by Gasteiger charge is 2.04. The van der Waals surface area contributed by atoms with Crippen LogP contribution in [-0.2, 0) is 6.42 Å². The summed E-state index contributed by atoms with van der Waals surface area (Å²) in [7, 11) is 0. The summed E-state index contributed by atoms with van der Waals surface area (Å²) in [5.74, 6) is 0. The molecule has 2 aromatic carbocycles. The van der Waals surface area contributed by atoms with Crippen LogP contribution in [0.1, 0.15) is 5.56 Å². The van der Waals surface area contributed by atoms with Gasteiger partial charge in [-0.3, -0.25) is 10.1 Å². The van der Waals surface area contributed by atoms with Crippen LogP contribution in [0.2, 0.25) is 0 Å². The SMILES string of the molecule is CSc1ccccc1NCCc1ccc([N+](=O)[O-])cc1. The smallest absolute Gasteiger partial charge is 0.269 e. The molecule has 4 nitrogen and oxygen atoms in total. The fourth-order valence-corrected chi connectivity index (χ4v) is 2.49. The van der Waals surface area contributed by atoms with E-state index in [0.29, 0.717) is 0 Å². The molecule has 0 heterocycles. The minimum absolute atomic E-state index is 0.134. The van der Waals surface area contributed by atoms with Gasteiger partial charge < -0.3 is 5.32 Å². The zero-order valence-corrected chi connectivity index (χ0v) is 12.0. The second-order valence-corrected chi connectivity index (χ2v) is 5.15. The Labute approximate surface area is 122 Å². The molecule has 0 unspecified atom stereocenters. The first kappa shape index (κ1) is 14.4. The third kappa shape index (κ3) is 3.74. The molecule has 0 spiro atoms. The van der Waals surface area contributed by atoms with Crippen LogP contribution < -0.4 is 5.32 Å². The number of anilines is 1. The van der Waals surface area contributed by atoms with Crippen LogP contribution in [0.3, 0.4) is 0 Å². The van der Waals surface area contributed by atoms with E-state index in [4.69, 9.17) is 0 Å². The van der Waals surface area contributed by atoms with Crippen molar-refractivity contribution in [3.8, 4) is 0 Å². The van der Waals surface area contributed by atoms with Gasteiger partial charge in [0.1, 0.15) is 0 Å². The number of nitrogens with zero attached hydrogens (tertiary/aromatic N) is 1. The molecular formula is C15H16N2O2S. The first-order valence-corrected chi connectivity index (χ1v) is 7.53. The van der Waals surface area contributed by atoms with Gasteiger partial charge in [0.15, 0.2) is 0 Å². The average molecular weight is 288 g/mol. The highest BCUT2D eigenvalue weighted by atomic mass is 32.2. The predicted octanol–water partition coefficient (Wildman–Crippen LogP) is 3.97. The number of thioether (sulfide) groups is 1. The lowest BCUT2D eigenvalue weighted by Crippen LogP contribution is -2.05. The second kappa shape index (κ2) is 6.96. The van der Waals surface area contributed by atoms with Gasteiger partial charge in [-0.25, -0.2) is 0 Å². The molecule has 104 valence electrons. The van der Waals surface area contributed by atoms with Gasteiger partial charge >= 0.3 is 0 Å². The fraction of sp³-hybridized carbons (Fsp3) is 0.200. The molecule has 1 N–H and O–H groups in total. The molecule has 5 heteroatoms. The van der Waals surface area contributed by atoms with E-state index in [1.807, 2.05) is 12.1 Å². The van der Waals surface area contributed by atoms with Crippen LogP contribution in [0.25, 0.3) is 0 Å². The van der Waals surface area contributed by atoms with E-state index in [1.165, 1.54) is 4.90 Å². The lowest BCUT2D eigenvalue weighted by molar-refractivity contribution is -0.384. The Morgan fingerprint density at radius 3 is 2.50 bits per heavy atom. The van der Waals surface area contributed by atoms with Gasteiger partial charge in [0, 0.05) is 29.3 Å². The molecule has 0 bridgehead atoms. The van der Waals surface area contributed by atoms with Crippen LogP contribution in [0, 0.1) is 10.1 Å². The maximum absolute atomic E-state index is 10.6. The summed E-state index contributed by atoms with van der Waals surface area (Å²) in [6.07, 6.45) is 2.89. The Balaban J connectivity index is 1.91. The third-order valence-corrected chi connectivity index (χ3v) is 3.78. The third-order valence-electron chi connectivity index (χ3n) is 2.98. The van der Waals surface area contributed by atoms with E-state index < -0.39 is 0 Å². The van der Waals surface area contributed by atoms with Gasteiger partial charge in [-0.1, -0.05) is 24.3 Å². The number of para-hydroxylation sites is 1. The summed E-state index contributed by atoms with van der Waals surface area (Å²) in [6.45, 7) is 0.801. The van der Waals surface area contributed by atoms with E-state index in [2.05, 4.69) is 23.7 Å². The standard InChI is InChI=1S/C15H16N2O2S/c1-20-15-5-3-2-4-14(15)16-11-10-12-6-8-13(9-7-12)17(18)19/h2-9,16H,10-11H2,1H3. The van der Waals surface area contributed by atoms with Gasteiger partial charge in [-0.15, -0.1) is 11.8 Å². The Morgan fingerprint density at radius 1 is 1.15 bits per heavy atom. The van der Waals surface area contributed by atoms with Gasteiger partial charge in [0.05, 0.1) is 4.92 Å². The number of rotatable bonds is 6. The summed E-state index contributed by atoms with van der Waals surface area (Å²) in [5.41, 5.74) is 2.35. The quantitative estimate of drug-likeness (QED) is 0.496. The maximum Gasteiger partial charge on any atom is 0.269 e. The van der Waals surface area contributed by atoms with Gasteiger partial charge in [-0.05, 0) is 30.4 Å². The molecular weight excluding hydrogens is 272 g/mol. The number of non-ortho nitro benzene ring substituents is 1. The molecule has 0 aromatic heterocycles. The normalized spacial score (nSPS) is 10.2. The molecule has 0 saturated heterocycles. The van der Waals surface area contributed by atoms with Crippen molar-refractivity contribution in [3.63, 3.8) is 0 Å². The molecule has 0 aliphatic carbocycles. The lowest BCUT2D eigenvalue weighted by Gasteiger charge is -2.10. The van der Waals surface area contributed by atoms with Crippen molar-refractivity contribution in [3.05, 3.63) is 64.2 Å². The topological polar surface area (TPSA) is 55.2 Å². The van der Waals surface area contributed by atoms with Crippen molar-refractivity contribution in [1.82, 2.24) is 0 Å². The van der Waals surface area contributed by atoms with Crippen LogP contribution in [0.4, 0.5) is 11.4 Å². The summed E-state index contributed by atoms with van der Waals surface area (Å²) in [5, 5.41) is 14.0. The van der Waals surface area contributed by atoms with E-state index in [1.54, 1.807) is 36.0 Å². The summed E-state index contributed by atoms with van der Waals surface area (Å²) in [4.78, 5) is 11.4. The van der Waals surface area contributed by atoms with Gasteiger partial charge in [0.25, 0.3) is 5.69 Å². The number of hydrogen-bond acceptors (Lipinski definition) is 4. The van der Waals surface area contributed by atoms with E-state index >= 15 is 0 Å². The lowest BCUT2D eigenvalue weighted by atomic mass is 10.1. The van der Waals surface area contributed by atoms with Crippen molar-refractivity contribution in [1.29, 1.82) is 0 Å². The predicted molar refractivity (Wildman–Crippen MR) is 83.5 cm³/mol. The minimum atomic E-state index is -0.378. The number of nitro benzene ring substituents is 1. The number of nitro groups is 1. The van der Waals surface area contributed by atoms with Crippen LogP contribution in [0.5, 0.6) is 0 Å². The molecule has 0 fully saturated rings. The zero-order chi connectivity index (χ0) is 14.4. The molecule has 0 aliphatic rings. The molecule has 2 rings (SSSR count). The largest absolute Gasteiger partial charge is 0.384 e. The minimum Gasteiger partial charge on any atom is -0.384 e. The Bertz CT molecular complexity index is 585. The fourth-order valence-electron chi connectivity index (χ4n) is 1.92. The van der Waals surface area contributed by atoms with Crippen LogP contribution in [-0.4, -0.2) is 17.7 Å². The molecule has 20 heavy (non-hydrogen) atoms. The van der Waals surface area contributed by atoms with E-state index in [0.717, 1.165) is 24.2 Å². The van der Waals surface area contributed by atoms with Crippen molar-refractivity contribution in [2.75, 3.05) is 18.1 Å². The molecule has 0 aliphatic heterocycles. The zero-order valence-electron chi connectivity index (χ0n) is 11.2. The van der Waals surface area contributed by atoms with Crippen molar-refractivity contribution in [2.24, 2.45) is 0 Å². The highest BCUT2D eigenvalue weighted by molar-refractivity contribution is 7.98. The monoisotopic (exact) mass is 288 g/mol. The molecule has 0 radical (unpaired) electrons. The number of nitrogens with one attached hydrogen (secondary N) is 1. The Kier molecular flexibility index (Phi) is 5.01. The van der Waals surface area contributed by atoms with E-state index in [-0.39, 0.29) is 10.6 Å². The maximum atomic E-state index is 10.6. The highest BCUT2D eigenvalue weighted by Crippen LogP contribution is 2.24. The average Bonchev–Trinajstić information content (AvgIpc) is 2.48. The van der Waals surface area contributed by atoms with Crippen molar-refractivity contribution >= 4 is 23.1 Å². The summed E-state index contributed by atoms with van der Waals surface area (Å²) in [6, 6.07) is 14.9. The molecule has 0 saturated carbocycles. The van der Waals surface area contributed by atoms with Gasteiger partial charge in [-0.2, -0.15) is 0 Å². The van der Waals surface area contributed by atoms with E-state index in [9.17, 15) is 10.1 Å². The molecule has 0 amide bonds. The molecule has 2 aromatic rings. The van der Waals surface area contributed by atoms with Crippen molar-refractivity contribution in [2.45, 2.75) is 11.3 Å². The van der Waals surface area contributed by atoms with Crippen LogP contribution in [0.15, 0.2) is 53.4 Å². The summed E-state index contributed by atoms with van der Waals surface area (Å²) >= 11 is 1.71. The first-order valence-electron chi connectivity index (χ1n) is 6.31. The Hall–Kier alpha value is -2.01. The molecule has 0 atom stereocenters. The number of benzene rings is 2.